The maximum Gasteiger partial charge on any atom is 0.328 e. The van der Waals surface area contributed by atoms with Gasteiger partial charge in [0.25, 0.3) is 0 Å². The van der Waals surface area contributed by atoms with Crippen LogP contribution in [0.5, 0.6) is 0 Å². The van der Waals surface area contributed by atoms with Gasteiger partial charge < -0.3 is 10.0 Å². The lowest BCUT2D eigenvalue weighted by Gasteiger charge is -2.22. The topological polar surface area (TPSA) is 40.5 Å². The van der Waals surface area contributed by atoms with E-state index in [0.717, 1.165) is 34.8 Å². The molecule has 0 unspecified atom stereocenters. The summed E-state index contributed by atoms with van der Waals surface area (Å²) >= 11 is 3.54. The largest absolute Gasteiger partial charge is 0.478 e. The van der Waals surface area contributed by atoms with E-state index in [0.29, 0.717) is 5.92 Å². The number of anilines is 1. The van der Waals surface area contributed by atoms with Crippen molar-refractivity contribution in [1.29, 1.82) is 0 Å². The van der Waals surface area contributed by atoms with Crippen molar-refractivity contribution in [2.75, 3.05) is 18.5 Å². The maximum atomic E-state index is 10.5. The van der Waals surface area contributed by atoms with Gasteiger partial charge in [0.05, 0.1) is 5.69 Å². The zero-order valence-electron chi connectivity index (χ0n) is 11.6. The molecule has 0 heterocycles. The summed E-state index contributed by atoms with van der Waals surface area (Å²) in [5, 5.41) is 8.60. The fraction of sp³-hybridized carbons (Fsp3) is 0.400. The fourth-order valence-electron chi connectivity index (χ4n) is 1.68. The van der Waals surface area contributed by atoms with Crippen LogP contribution in [0.25, 0.3) is 6.08 Å². The summed E-state index contributed by atoms with van der Waals surface area (Å²) in [6, 6.07) is 5.86. The molecule has 1 N–H and O–H groups in total. The second kappa shape index (κ2) is 7.34. The predicted molar refractivity (Wildman–Crippen MR) is 83.5 cm³/mol. The van der Waals surface area contributed by atoms with Crippen LogP contribution in [-0.4, -0.2) is 24.7 Å². The van der Waals surface area contributed by atoms with Crippen molar-refractivity contribution in [3.05, 3.63) is 34.3 Å². The van der Waals surface area contributed by atoms with E-state index in [1.165, 1.54) is 0 Å². The molecule has 0 spiro atoms. The van der Waals surface area contributed by atoms with Crippen LogP contribution in [0.4, 0.5) is 5.69 Å². The molecule has 0 saturated heterocycles. The predicted octanol–water partition coefficient (Wildman–Crippen LogP) is 4.03. The van der Waals surface area contributed by atoms with Crippen molar-refractivity contribution in [1.82, 2.24) is 0 Å². The summed E-state index contributed by atoms with van der Waals surface area (Å²) in [4.78, 5) is 12.7. The van der Waals surface area contributed by atoms with Gasteiger partial charge in [-0.1, -0.05) is 19.9 Å². The molecule has 0 aliphatic heterocycles. The Morgan fingerprint density at radius 3 is 2.68 bits per heavy atom. The summed E-state index contributed by atoms with van der Waals surface area (Å²) < 4.78 is 0.978. The molecule has 0 amide bonds. The highest BCUT2D eigenvalue weighted by atomic mass is 79.9. The van der Waals surface area contributed by atoms with Gasteiger partial charge in [0.2, 0.25) is 0 Å². The number of benzene rings is 1. The van der Waals surface area contributed by atoms with E-state index in [4.69, 9.17) is 5.11 Å². The Kier molecular flexibility index (Phi) is 6.09. The van der Waals surface area contributed by atoms with Gasteiger partial charge in [0.1, 0.15) is 0 Å². The van der Waals surface area contributed by atoms with Crippen molar-refractivity contribution < 1.29 is 9.90 Å². The van der Waals surface area contributed by atoms with Gasteiger partial charge >= 0.3 is 5.97 Å². The molecule has 19 heavy (non-hydrogen) atoms. The lowest BCUT2D eigenvalue weighted by atomic mass is 10.1. The summed E-state index contributed by atoms with van der Waals surface area (Å²) in [6.45, 7) is 5.42. The number of rotatable bonds is 6. The first kappa shape index (κ1) is 15.8. The molecule has 3 nitrogen and oxygen atoms in total. The molecule has 0 aliphatic rings. The SMILES string of the molecule is CC(C)CCN(C)c1ccc(/C=C/C(=O)O)cc1Br. The molecule has 0 radical (unpaired) electrons. The molecule has 1 aromatic rings. The van der Waals surface area contributed by atoms with E-state index >= 15 is 0 Å². The van der Waals surface area contributed by atoms with Gasteiger partial charge in [-0.2, -0.15) is 0 Å². The third-order valence-electron chi connectivity index (χ3n) is 2.84. The lowest BCUT2D eigenvalue weighted by molar-refractivity contribution is -0.131. The molecule has 0 fully saturated rings. The van der Waals surface area contributed by atoms with Crippen LogP contribution < -0.4 is 4.90 Å². The average Bonchev–Trinajstić information content (AvgIpc) is 2.33. The van der Waals surface area contributed by atoms with Gasteiger partial charge in [-0.3, -0.25) is 0 Å². The van der Waals surface area contributed by atoms with E-state index in [2.05, 4.69) is 41.7 Å². The molecule has 0 saturated carbocycles. The van der Waals surface area contributed by atoms with Crippen LogP contribution in [0.3, 0.4) is 0 Å². The summed E-state index contributed by atoms with van der Waals surface area (Å²) in [7, 11) is 2.06. The molecule has 1 aromatic carbocycles. The van der Waals surface area contributed by atoms with E-state index in [1.807, 2.05) is 18.2 Å². The van der Waals surface area contributed by atoms with Crippen LogP contribution >= 0.6 is 15.9 Å². The van der Waals surface area contributed by atoms with E-state index in [1.54, 1.807) is 6.08 Å². The fourth-order valence-corrected chi connectivity index (χ4v) is 2.38. The van der Waals surface area contributed by atoms with Crippen molar-refractivity contribution >= 4 is 33.7 Å². The summed E-state index contributed by atoms with van der Waals surface area (Å²) in [5.74, 6) is -0.256. The number of halogens is 1. The minimum atomic E-state index is -0.936. The Morgan fingerprint density at radius 2 is 2.16 bits per heavy atom. The quantitative estimate of drug-likeness (QED) is 0.803. The Balaban J connectivity index is 2.79. The third-order valence-corrected chi connectivity index (χ3v) is 3.48. The van der Waals surface area contributed by atoms with Gasteiger partial charge in [0.15, 0.2) is 0 Å². The summed E-state index contributed by atoms with van der Waals surface area (Å²) in [5.41, 5.74) is 1.99. The highest BCUT2D eigenvalue weighted by Gasteiger charge is 2.06. The summed E-state index contributed by atoms with van der Waals surface area (Å²) in [6.07, 6.45) is 3.87. The first-order chi connectivity index (χ1) is 8.90. The van der Waals surface area contributed by atoms with Crippen molar-refractivity contribution in [2.24, 2.45) is 5.92 Å². The molecule has 1 rings (SSSR count). The highest BCUT2D eigenvalue weighted by Crippen LogP contribution is 2.27. The van der Waals surface area contributed by atoms with Gasteiger partial charge in [-0.15, -0.1) is 0 Å². The van der Waals surface area contributed by atoms with Crippen LogP contribution in [0, 0.1) is 5.92 Å². The molecule has 0 aromatic heterocycles. The molecule has 0 atom stereocenters. The normalized spacial score (nSPS) is 11.2. The lowest BCUT2D eigenvalue weighted by Crippen LogP contribution is -2.20. The second-order valence-corrected chi connectivity index (χ2v) is 5.84. The highest BCUT2D eigenvalue weighted by molar-refractivity contribution is 9.10. The molecule has 0 bridgehead atoms. The van der Waals surface area contributed by atoms with Crippen LogP contribution in [0.2, 0.25) is 0 Å². The monoisotopic (exact) mass is 325 g/mol. The standard InChI is InChI=1S/C15H20BrNO2/c1-11(2)8-9-17(3)14-6-4-12(10-13(14)16)5-7-15(18)19/h4-7,10-11H,8-9H2,1-3H3,(H,18,19)/b7-5+. The van der Waals surface area contributed by atoms with E-state index in [-0.39, 0.29) is 0 Å². The smallest absolute Gasteiger partial charge is 0.328 e. The molecular formula is C15H20BrNO2. The molecule has 4 heteroatoms. The number of hydrogen-bond donors (Lipinski definition) is 1. The number of carboxylic acid groups (broad SMARTS) is 1. The zero-order chi connectivity index (χ0) is 14.4. The third kappa shape index (κ3) is 5.47. The van der Waals surface area contributed by atoms with Crippen molar-refractivity contribution in [2.45, 2.75) is 20.3 Å². The van der Waals surface area contributed by atoms with Crippen LogP contribution in [-0.2, 0) is 4.79 Å². The van der Waals surface area contributed by atoms with Gasteiger partial charge in [-0.05, 0) is 52.0 Å². The molecular weight excluding hydrogens is 306 g/mol. The Bertz CT molecular complexity index is 469. The molecule has 0 aliphatic carbocycles. The number of carbonyl (C=O) groups is 1. The van der Waals surface area contributed by atoms with Crippen molar-refractivity contribution in [3.63, 3.8) is 0 Å². The van der Waals surface area contributed by atoms with E-state index < -0.39 is 5.97 Å². The molecule has 104 valence electrons. The van der Waals surface area contributed by atoms with Crippen LogP contribution in [0.1, 0.15) is 25.8 Å². The Labute approximate surface area is 123 Å². The first-order valence-corrected chi connectivity index (χ1v) is 7.11. The second-order valence-electron chi connectivity index (χ2n) is 4.99. The Morgan fingerprint density at radius 1 is 1.47 bits per heavy atom. The maximum absolute atomic E-state index is 10.5. The zero-order valence-corrected chi connectivity index (χ0v) is 13.1. The number of carboxylic acids is 1. The average molecular weight is 326 g/mol. The number of nitrogens with zero attached hydrogens (tertiary/aromatic N) is 1. The van der Waals surface area contributed by atoms with Gasteiger partial charge in [0, 0.05) is 24.1 Å². The van der Waals surface area contributed by atoms with Crippen molar-refractivity contribution in [3.8, 4) is 0 Å². The number of aliphatic carboxylic acids is 1. The minimum absolute atomic E-state index is 0.680. The number of hydrogen-bond acceptors (Lipinski definition) is 2. The first-order valence-electron chi connectivity index (χ1n) is 6.32. The van der Waals surface area contributed by atoms with Gasteiger partial charge in [-0.25, -0.2) is 4.79 Å². The van der Waals surface area contributed by atoms with E-state index in [9.17, 15) is 4.79 Å². The van der Waals surface area contributed by atoms with Crippen LogP contribution in [0.15, 0.2) is 28.7 Å². The minimum Gasteiger partial charge on any atom is -0.478 e. The Hall–Kier alpha value is -1.29.